The lowest BCUT2D eigenvalue weighted by Crippen LogP contribution is -2.33. The van der Waals surface area contributed by atoms with Crippen molar-refractivity contribution in [1.29, 1.82) is 0 Å². The summed E-state index contributed by atoms with van der Waals surface area (Å²) in [7, 11) is 1.53. The molecule has 0 radical (unpaired) electrons. The van der Waals surface area contributed by atoms with Crippen molar-refractivity contribution in [3.63, 3.8) is 0 Å². The minimum absolute atomic E-state index is 0.0127. The molecule has 0 aromatic heterocycles. The summed E-state index contributed by atoms with van der Waals surface area (Å²) in [6.45, 7) is 3.60. The molecule has 1 aliphatic carbocycles. The molecule has 0 saturated heterocycles. The monoisotopic (exact) mass is 263 g/mol. The van der Waals surface area contributed by atoms with E-state index in [1.54, 1.807) is 12.1 Å². The van der Waals surface area contributed by atoms with Crippen LogP contribution in [0, 0.1) is 5.92 Å². The Labute approximate surface area is 114 Å². The minimum atomic E-state index is -0.0890. The molecule has 1 saturated carbocycles. The molecule has 0 spiro atoms. The predicted octanol–water partition coefficient (Wildman–Crippen LogP) is 2.66. The Kier molecular flexibility index (Phi) is 4.30. The summed E-state index contributed by atoms with van der Waals surface area (Å²) < 4.78 is 5.03. The Hall–Kier alpha value is -1.71. The third kappa shape index (κ3) is 3.40. The molecule has 0 aliphatic heterocycles. The van der Waals surface area contributed by atoms with E-state index in [1.807, 2.05) is 4.90 Å². The van der Waals surface area contributed by atoms with Gasteiger partial charge in [0.25, 0.3) is 5.91 Å². The van der Waals surface area contributed by atoms with E-state index in [0.29, 0.717) is 17.2 Å². The van der Waals surface area contributed by atoms with Gasteiger partial charge in [0.05, 0.1) is 12.7 Å². The first-order valence-electron chi connectivity index (χ1n) is 6.82. The zero-order valence-corrected chi connectivity index (χ0v) is 11.6. The maximum atomic E-state index is 12.4. The Balaban J connectivity index is 2.15. The number of benzene rings is 1. The van der Waals surface area contributed by atoms with Crippen molar-refractivity contribution in [2.75, 3.05) is 20.2 Å². The lowest BCUT2D eigenvalue weighted by atomic mass is 10.1. The summed E-state index contributed by atoms with van der Waals surface area (Å²) in [5.74, 6) is 1.10. The SMILES string of the molecule is CCCN(CC1CC1)C(=O)c1ccc(OC)cc1O. The van der Waals surface area contributed by atoms with Gasteiger partial charge >= 0.3 is 0 Å². The van der Waals surface area contributed by atoms with Crippen LogP contribution >= 0.6 is 0 Å². The van der Waals surface area contributed by atoms with Crippen LogP contribution in [0.2, 0.25) is 0 Å². The maximum Gasteiger partial charge on any atom is 0.257 e. The molecule has 19 heavy (non-hydrogen) atoms. The average Bonchev–Trinajstić information content (AvgIpc) is 3.21. The van der Waals surface area contributed by atoms with Crippen molar-refractivity contribution in [2.45, 2.75) is 26.2 Å². The number of phenolic OH excluding ortho intramolecular Hbond substituents is 1. The number of ether oxygens (including phenoxy) is 1. The molecule has 104 valence electrons. The van der Waals surface area contributed by atoms with Crippen LogP contribution in [0.25, 0.3) is 0 Å². The summed E-state index contributed by atoms with van der Waals surface area (Å²) in [6.07, 6.45) is 3.35. The van der Waals surface area contributed by atoms with Gasteiger partial charge in [0.15, 0.2) is 0 Å². The summed E-state index contributed by atoms with van der Waals surface area (Å²) in [5, 5.41) is 9.93. The fourth-order valence-electron chi connectivity index (χ4n) is 2.15. The van der Waals surface area contributed by atoms with Gasteiger partial charge < -0.3 is 14.7 Å². The largest absolute Gasteiger partial charge is 0.507 e. The molecule has 2 rings (SSSR count). The van der Waals surface area contributed by atoms with Crippen molar-refractivity contribution in [1.82, 2.24) is 4.90 Å². The van der Waals surface area contributed by atoms with Crippen LogP contribution in [0.1, 0.15) is 36.5 Å². The lowest BCUT2D eigenvalue weighted by molar-refractivity contribution is 0.0744. The molecule has 1 aromatic rings. The van der Waals surface area contributed by atoms with Gasteiger partial charge in [-0.2, -0.15) is 0 Å². The Morgan fingerprint density at radius 3 is 2.74 bits per heavy atom. The van der Waals surface area contributed by atoms with E-state index in [4.69, 9.17) is 4.74 Å². The molecular formula is C15H21NO3. The molecular weight excluding hydrogens is 242 g/mol. The summed E-state index contributed by atoms with van der Waals surface area (Å²) >= 11 is 0. The van der Waals surface area contributed by atoms with Crippen LogP contribution in [0.5, 0.6) is 11.5 Å². The first-order valence-corrected chi connectivity index (χ1v) is 6.82. The molecule has 0 atom stereocenters. The Morgan fingerprint density at radius 1 is 1.47 bits per heavy atom. The van der Waals surface area contributed by atoms with E-state index in [-0.39, 0.29) is 11.7 Å². The second-order valence-electron chi connectivity index (χ2n) is 5.08. The van der Waals surface area contributed by atoms with Crippen LogP contribution in [0.4, 0.5) is 0 Å². The van der Waals surface area contributed by atoms with Crippen LogP contribution in [-0.4, -0.2) is 36.1 Å². The molecule has 1 N–H and O–H groups in total. The highest BCUT2D eigenvalue weighted by Crippen LogP contribution is 2.31. The standard InChI is InChI=1S/C15H21NO3/c1-3-8-16(10-11-4-5-11)15(18)13-7-6-12(19-2)9-14(13)17/h6-7,9,11,17H,3-5,8,10H2,1-2H3. The van der Waals surface area contributed by atoms with Crippen molar-refractivity contribution in [2.24, 2.45) is 5.92 Å². The molecule has 1 amide bonds. The number of nitrogens with zero attached hydrogens (tertiary/aromatic N) is 1. The first-order chi connectivity index (χ1) is 9.15. The van der Waals surface area contributed by atoms with Crippen molar-refractivity contribution >= 4 is 5.91 Å². The zero-order valence-electron chi connectivity index (χ0n) is 11.6. The van der Waals surface area contributed by atoms with Gasteiger partial charge in [0.2, 0.25) is 0 Å². The summed E-state index contributed by atoms with van der Waals surface area (Å²) in [5.41, 5.74) is 0.356. The van der Waals surface area contributed by atoms with Gasteiger partial charge in [-0.3, -0.25) is 4.79 Å². The number of phenols is 1. The van der Waals surface area contributed by atoms with Gasteiger partial charge in [-0.05, 0) is 37.3 Å². The molecule has 1 aliphatic rings. The molecule has 4 heteroatoms. The fourth-order valence-corrected chi connectivity index (χ4v) is 2.15. The molecule has 4 nitrogen and oxygen atoms in total. The van der Waals surface area contributed by atoms with Crippen LogP contribution in [0.15, 0.2) is 18.2 Å². The Bertz CT molecular complexity index is 455. The normalized spacial score (nSPS) is 14.2. The van der Waals surface area contributed by atoms with Gasteiger partial charge in [0, 0.05) is 19.2 Å². The van der Waals surface area contributed by atoms with Crippen LogP contribution in [-0.2, 0) is 0 Å². The van der Waals surface area contributed by atoms with Crippen molar-refractivity contribution in [3.05, 3.63) is 23.8 Å². The highest BCUT2D eigenvalue weighted by atomic mass is 16.5. The van der Waals surface area contributed by atoms with Crippen molar-refractivity contribution < 1.29 is 14.6 Å². The van der Waals surface area contributed by atoms with E-state index in [9.17, 15) is 9.90 Å². The smallest absolute Gasteiger partial charge is 0.257 e. The third-order valence-corrected chi connectivity index (χ3v) is 3.39. The number of hydrogen-bond donors (Lipinski definition) is 1. The average molecular weight is 263 g/mol. The quantitative estimate of drug-likeness (QED) is 0.858. The van der Waals surface area contributed by atoms with Gasteiger partial charge in [-0.15, -0.1) is 0 Å². The van der Waals surface area contributed by atoms with E-state index in [0.717, 1.165) is 19.5 Å². The van der Waals surface area contributed by atoms with Gasteiger partial charge in [0.1, 0.15) is 11.5 Å². The van der Waals surface area contributed by atoms with Crippen LogP contribution < -0.4 is 4.74 Å². The van der Waals surface area contributed by atoms with E-state index in [1.165, 1.54) is 26.0 Å². The summed E-state index contributed by atoms with van der Waals surface area (Å²) in [6, 6.07) is 4.81. The topological polar surface area (TPSA) is 49.8 Å². The Morgan fingerprint density at radius 2 is 2.21 bits per heavy atom. The number of carbonyl (C=O) groups is 1. The molecule has 1 aromatic carbocycles. The maximum absolute atomic E-state index is 12.4. The third-order valence-electron chi connectivity index (χ3n) is 3.39. The fraction of sp³-hybridized carbons (Fsp3) is 0.533. The van der Waals surface area contributed by atoms with E-state index in [2.05, 4.69) is 6.92 Å². The number of methoxy groups -OCH3 is 1. The highest BCUT2D eigenvalue weighted by molar-refractivity contribution is 5.97. The summed E-state index contributed by atoms with van der Waals surface area (Å²) in [4.78, 5) is 14.3. The number of hydrogen-bond acceptors (Lipinski definition) is 3. The zero-order chi connectivity index (χ0) is 13.8. The first kappa shape index (κ1) is 13.7. The number of rotatable bonds is 6. The molecule has 0 unspecified atom stereocenters. The molecule has 0 bridgehead atoms. The second-order valence-corrected chi connectivity index (χ2v) is 5.08. The minimum Gasteiger partial charge on any atom is -0.507 e. The second kappa shape index (κ2) is 5.95. The van der Waals surface area contributed by atoms with Gasteiger partial charge in [-0.1, -0.05) is 6.92 Å². The lowest BCUT2D eigenvalue weighted by Gasteiger charge is -2.22. The van der Waals surface area contributed by atoms with Crippen LogP contribution in [0.3, 0.4) is 0 Å². The van der Waals surface area contributed by atoms with Gasteiger partial charge in [-0.25, -0.2) is 0 Å². The number of carbonyl (C=O) groups excluding carboxylic acids is 1. The van der Waals surface area contributed by atoms with E-state index < -0.39 is 0 Å². The number of amides is 1. The molecule has 0 heterocycles. The predicted molar refractivity (Wildman–Crippen MR) is 73.6 cm³/mol. The highest BCUT2D eigenvalue weighted by Gasteiger charge is 2.27. The number of aromatic hydroxyl groups is 1. The van der Waals surface area contributed by atoms with E-state index >= 15 is 0 Å². The van der Waals surface area contributed by atoms with Crippen molar-refractivity contribution in [3.8, 4) is 11.5 Å². The molecule has 1 fully saturated rings.